The molecular formula is C20H18N4O3S2. The molecule has 1 aliphatic rings. The smallest absolute Gasteiger partial charge is 0.372 e. The summed E-state index contributed by atoms with van der Waals surface area (Å²) in [5.74, 6) is -0.659. The summed E-state index contributed by atoms with van der Waals surface area (Å²) in [4.78, 5) is 25.7. The van der Waals surface area contributed by atoms with Crippen LogP contribution in [0.15, 0.2) is 52.3 Å². The Bertz CT molecular complexity index is 1090. The van der Waals surface area contributed by atoms with Crippen molar-refractivity contribution in [1.29, 1.82) is 0 Å². The minimum atomic E-state index is -0.743. The van der Waals surface area contributed by atoms with Crippen LogP contribution in [0.5, 0.6) is 0 Å². The Morgan fingerprint density at radius 1 is 1.03 bits per heavy atom. The van der Waals surface area contributed by atoms with Gasteiger partial charge in [-0.25, -0.2) is 9.59 Å². The molecule has 3 aromatic rings. The number of fused-ring (bicyclic) bond motifs is 1. The quantitative estimate of drug-likeness (QED) is 0.233. The van der Waals surface area contributed by atoms with E-state index in [1.807, 2.05) is 24.3 Å². The number of ether oxygens (including phenoxy) is 1. The van der Waals surface area contributed by atoms with Crippen molar-refractivity contribution in [2.75, 3.05) is 18.0 Å². The van der Waals surface area contributed by atoms with Crippen molar-refractivity contribution in [3.8, 4) is 0 Å². The summed E-state index contributed by atoms with van der Waals surface area (Å²) in [6.07, 6.45) is 0.871. The molecule has 0 spiro atoms. The first kappa shape index (κ1) is 19.3. The number of carbonyl (C=O) groups excluding carboxylic acids is 2. The molecule has 148 valence electrons. The van der Waals surface area contributed by atoms with Gasteiger partial charge in [-0.05, 0) is 56.3 Å². The van der Waals surface area contributed by atoms with E-state index < -0.39 is 12.1 Å². The summed E-state index contributed by atoms with van der Waals surface area (Å²) in [5.41, 5.74) is 2.13. The van der Waals surface area contributed by atoms with Crippen LogP contribution in [0.25, 0.3) is 15.5 Å². The Labute approximate surface area is 175 Å². The number of azo groups is 1. The van der Waals surface area contributed by atoms with E-state index in [2.05, 4.69) is 51.2 Å². The molecule has 1 N–H and O–H groups in total. The number of anilines is 1. The van der Waals surface area contributed by atoms with E-state index in [1.54, 1.807) is 6.08 Å². The van der Waals surface area contributed by atoms with Gasteiger partial charge in [-0.15, -0.1) is 32.9 Å². The molecule has 1 fully saturated rings. The molecule has 1 aliphatic heterocycles. The monoisotopic (exact) mass is 426 g/mol. The van der Waals surface area contributed by atoms with Crippen molar-refractivity contribution >= 4 is 66.6 Å². The predicted molar refractivity (Wildman–Crippen MR) is 116 cm³/mol. The average molecular weight is 427 g/mol. The zero-order valence-electron chi connectivity index (χ0n) is 15.8. The Morgan fingerprint density at radius 3 is 2.38 bits per heavy atom. The number of thiophene rings is 2. The van der Waals surface area contributed by atoms with Gasteiger partial charge in [0.2, 0.25) is 0 Å². The van der Waals surface area contributed by atoms with Crippen molar-refractivity contribution in [2.45, 2.75) is 13.8 Å². The zero-order valence-corrected chi connectivity index (χ0v) is 17.5. The molecule has 0 radical (unpaired) electrons. The first-order chi connectivity index (χ1) is 14.1. The summed E-state index contributed by atoms with van der Waals surface area (Å²) in [6.45, 7) is 6.21. The van der Waals surface area contributed by atoms with Gasteiger partial charge in [-0.2, -0.15) is 0 Å². The van der Waals surface area contributed by atoms with Crippen molar-refractivity contribution < 1.29 is 14.3 Å². The van der Waals surface area contributed by atoms with E-state index in [0.717, 1.165) is 38.1 Å². The molecule has 3 heterocycles. The van der Waals surface area contributed by atoms with Crippen molar-refractivity contribution in [3.05, 3.63) is 47.0 Å². The molecule has 0 unspecified atom stereocenters. The number of hydrogen-bond donors (Lipinski definition) is 1. The summed E-state index contributed by atoms with van der Waals surface area (Å²) >= 11 is 3.03. The topological polar surface area (TPSA) is 83.4 Å². The highest BCUT2D eigenvalue weighted by Gasteiger charge is 2.26. The highest BCUT2D eigenvalue weighted by molar-refractivity contribution is 7.30. The standard InChI is InChI=1S/C20H18N4O3S2/c1-3-24(4-2)13-7-5-12(6-8-13)22-23-18-11-17-16(29-18)10-14(28-17)9-15-19(25)27-20(26)21-15/h5-11H,3-4H2,1-2H3,(H,21,26)/b15-9+,23-22?. The number of hydrogen-bond acceptors (Lipinski definition) is 8. The number of alkyl carbamates (subject to hydrolysis) is 1. The molecule has 7 nitrogen and oxygen atoms in total. The minimum absolute atomic E-state index is 0.150. The van der Waals surface area contributed by atoms with Crippen LogP contribution < -0.4 is 10.2 Å². The molecule has 1 aromatic carbocycles. The first-order valence-corrected chi connectivity index (χ1v) is 10.7. The van der Waals surface area contributed by atoms with Crippen LogP contribution in [0.4, 0.5) is 21.2 Å². The van der Waals surface area contributed by atoms with Gasteiger partial charge in [0.15, 0.2) is 0 Å². The van der Waals surface area contributed by atoms with E-state index in [0.29, 0.717) is 0 Å². The Hall–Kier alpha value is -3.04. The van der Waals surface area contributed by atoms with Gasteiger partial charge in [-0.1, -0.05) is 0 Å². The molecule has 1 amide bonds. The summed E-state index contributed by atoms with van der Waals surface area (Å²) < 4.78 is 6.54. The van der Waals surface area contributed by atoms with Crippen LogP contribution in [0.3, 0.4) is 0 Å². The van der Waals surface area contributed by atoms with Gasteiger partial charge >= 0.3 is 12.1 Å². The van der Waals surface area contributed by atoms with Gasteiger partial charge in [0.05, 0.1) is 5.69 Å². The highest BCUT2D eigenvalue weighted by Crippen LogP contribution is 2.39. The van der Waals surface area contributed by atoms with E-state index >= 15 is 0 Å². The van der Waals surface area contributed by atoms with Gasteiger partial charge in [-0.3, -0.25) is 5.32 Å². The van der Waals surface area contributed by atoms with Crippen LogP contribution in [-0.4, -0.2) is 25.2 Å². The number of amides is 1. The summed E-state index contributed by atoms with van der Waals surface area (Å²) in [6, 6.07) is 12.0. The molecule has 0 atom stereocenters. The lowest BCUT2D eigenvalue weighted by molar-refractivity contribution is -0.130. The van der Waals surface area contributed by atoms with Gasteiger partial charge in [0, 0.05) is 33.1 Å². The largest absolute Gasteiger partial charge is 0.419 e. The van der Waals surface area contributed by atoms with E-state index in [-0.39, 0.29) is 5.70 Å². The third kappa shape index (κ3) is 4.20. The maximum absolute atomic E-state index is 11.5. The molecule has 0 saturated carbocycles. The summed E-state index contributed by atoms with van der Waals surface area (Å²) in [5, 5.41) is 11.9. The number of nitrogens with one attached hydrogen (secondary N) is 1. The number of cyclic esters (lactones) is 2. The second-order valence-corrected chi connectivity index (χ2v) is 8.39. The Balaban J connectivity index is 1.48. The fourth-order valence-electron chi connectivity index (χ4n) is 2.95. The molecule has 9 heteroatoms. The lowest BCUT2D eigenvalue weighted by Crippen LogP contribution is -2.21. The molecule has 2 aromatic heterocycles. The average Bonchev–Trinajstić information content (AvgIpc) is 3.35. The second kappa shape index (κ2) is 8.14. The number of nitrogens with zero attached hydrogens (tertiary/aromatic N) is 3. The fraction of sp³-hybridized carbons (Fsp3) is 0.200. The van der Waals surface area contributed by atoms with Gasteiger partial charge < -0.3 is 9.64 Å². The predicted octanol–water partition coefficient (Wildman–Crippen LogP) is 5.83. The van der Waals surface area contributed by atoms with E-state index in [9.17, 15) is 9.59 Å². The normalized spacial score (nSPS) is 15.4. The van der Waals surface area contributed by atoms with E-state index in [4.69, 9.17) is 0 Å². The first-order valence-electron chi connectivity index (χ1n) is 9.10. The third-order valence-corrected chi connectivity index (χ3v) is 6.51. The van der Waals surface area contributed by atoms with Crippen LogP contribution in [0, 0.1) is 0 Å². The maximum atomic E-state index is 11.5. The number of rotatable bonds is 6. The van der Waals surface area contributed by atoms with Crippen molar-refractivity contribution in [1.82, 2.24) is 5.32 Å². The van der Waals surface area contributed by atoms with E-state index in [1.165, 1.54) is 28.4 Å². The SMILES string of the molecule is CCN(CC)c1ccc(N=Nc2cc3sc(/C=C4/NC(=O)OC4=O)cc3s2)cc1. The molecule has 29 heavy (non-hydrogen) atoms. The number of esters is 1. The minimum Gasteiger partial charge on any atom is -0.372 e. The zero-order chi connectivity index (χ0) is 20.4. The van der Waals surface area contributed by atoms with Crippen LogP contribution in [0.1, 0.15) is 18.7 Å². The third-order valence-electron chi connectivity index (χ3n) is 4.38. The Kier molecular flexibility index (Phi) is 5.41. The van der Waals surface area contributed by atoms with Gasteiger partial charge in [0.1, 0.15) is 10.7 Å². The molecule has 0 aliphatic carbocycles. The second-order valence-electron chi connectivity index (χ2n) is 6.21. The summed E-state index contributed by atoms with van der Waals surface area (Å²) in [7, 11) is 0. The van der Waals surface area contributed by atoms with Crippen molar-refractivity contribution in [3.63, 3.8) is 0 Å². The highest BCUT2D eigenvalue weighted by atomic mass is 32.1. The molecule has 4 rings (SSSR count). The Morgan fingerprint density at radius 2 is 1.76 bits per heavy atom. The molecule has 0 bridgehead atoms. The lowest BCUT2D eigenvalue weighted by Gasteiger charge is -2.20. The van der Waals surface area contributed by atoms with Gasteiger partial charge in [0.25, 0.3) is 0 Å². The fourth-order valence-corrected chi connectivity index (χ4v) is 5.12. The maximum Gasteiger partial charge on any atom is 0.419 e. The number of benzene rings is 1. The van der Waals surface area contributed by atoms with Crippen LogP contribution in [0.2, 0.25) is 0 Å². The van der Waals surface area contributed by atoms with Crippen LogP contribution in [-0.2, 0) is 9.53 Å². The number of carbonyl (C=O) groups is 2. The van der Waals surface area contributed by atoms with Crippen molar-refractivity contribution in [2.24, 2.45) is 10.2 Å². The molecular weight excluding hydrogens is 408 g/mol. The molecule has 1 saturated heterocycles. The lowest BCUT2D eigenvalue weighted by atomic mass is 10.2. The van der Waals surface area contributed by atoms with Crippen LogP contribution >= 0.6 is 22.7 Å².